The van der Waals surface area contributed by atoms with Crippen LogP contribution < -0.4 is 5.73 Å². The summed E-state index contributed by atoms with van der Waals surface area (Å²) in [5.41, 5.74) is 4.54. The Labute approximate surface area is 79.5 Å². The van der Waals surface area contributed by atoms with Crippen molar-refractivity contribution in [3.8, 4) is 0 Å². The van der Waals surface area contributed by atoms with Crippen molar-refractivity contribution in [1.82, 2.24) is 10.2 Å². The van der Waals surface area contributed by atoms with E-state index < -0.39 is 12.1 Å². The number of hydrogen-bond donors (Lipinski definition) is 1. The van der Waals surface area contributed by atoms with E-state index in [9.17, 15) is 9.59 Å². The fraction of sp³-hybridized carbons (Fsp3) is 0. The van der Waals surface area contributed by atoms with Crippen molar-refractivity contribution < 1.29 is 14.3 Å². The van der Waals surface area contributed by atoms with Gasteiger partial charge in [0.1, 0.15) is 0 Å². The molecule has 0 radical (unpaired) electrons. The highest BCUT2D eigenvalue weighted by Crippen LogP contribution is 1.93. The first-order chi connectivity index (χ1) is 5.70. The topological polar surface area (TPSA) is 95.2 Å². The second-order valence-electron chi connectivity index (χ2n) is 1.82. The number of esters is 1. The summed E-state index contributed by atoms with van der Waals surface area (Å²) in [4.78, 5) is 20.9. The first-order valence-corrected chi connectivity index (χ1v) is 2.99. The Morgan fingerprint density at radius 1 is 1.46 bits per heavy atom. The Bertz CT molecular complexity index is 303. The van der Waals surface area contributed by atoms with E-state index in [1.165, 1.54) is 18.3 Å². The molecule has 7 heteroatoms. The van der Waals surface area contributed by atoms with Crippen LogP contribution >= 0.6 is 12.4 Å². The predicted octanol–water partition coefficient (Wildman–Crippen LogP) is 0.134. The number of hydrogen-bond acceptors (Lipinski definition) is 5. The quantitative estimate of drug-likeness (QED) is 0.517. The fourth-order valence-electron chi connectivity index (χ4n) is 0.554. The Hall–Kier alpha value is -1.69. The van der Waals surface area contributed by atoms with Crippen LogP contribution in [0.1, 0.15) is 10.5 Å². The standard InChI is InChI=1S/C6H5N3O3.ClH/c7-6(11)12-5(10)4-2-1-3-8-9-4;/h1-3H,(H2,7,11);1H. The van der Waals surface area contributed by atoms with Gasteiger partial charge in [-0.25, -0.2) is 9.59 Å². The average molecular weight is 204 g/mol. The minimum atomic E-state index is -1.16. The number of rotatable bonds is 1. The second kappa shape index (κ2) is 5.04. The van der Waals surface area contributed by atoms with Crippen LogP contribution in [0.5, 0.6) is 0 Å². The van der Waals surface area contributed by atoms with Crippen LogP contribution in [0.25, 0.3) is 0 Å². The lowest BCUT2D eigenvalue weighted by molar-refractivity contribution is 0.0631. The van der Waals surface area contributed by atoms with Crippen LogP contribution in [-0.4, -0.2) is 22.3 Å². The van der Waals surface area contributed by atoms with Crippen molar-refractivity contribution in [3.05, 3.63) is 24.0 Å². The van der Waals surface area contributed by atoms with Gasteiger partial charge in [0.25, 0.3) is 0 Å². The van der Waals surface area contributed by atoms with E-state index in [0.29, 0.717) is 0 Å². The van der Waals surface area contributed by atoms with E-state index in [1.54, 1.807) is 0 Å². The summed E-state index contributed by atoms with van der Waals surface area (Å²) in [5.74, 6) is -0.907. The molecule has 13 heavy (non-hydrogen) atoms. The number of carbonyl (C=O) groups excluding carboxylic acids is 2. The van der Waals surface area contributed by atoms with Gasteiger partial charge in [0.05, 0.1) is 0 Å². The van der Waals surface area contributed by atoms with Gasteiger partial charge in [-0.2, -0.15) is 5.10 Å². The molecule has 0 spiro atoms. The highest BCUT2D eigenvalue weighted by molar-refractivity contribution is 5.94. The molecule has 1 aromatic heterocycles. The first kappa shape index (κ1) is 11.3. The summed E-state index contributed by atoms with van der Waals surface area (Å²) >= 11 is 0. The Kier molecular flexibility index (Phi) is 4.39. The third-order valence-electron chi connectivity index (χ3n) is 0.975. The largest absolute Gasteiger partial charge is 0.412 e. The predicted molar refractivity (Wildman–Crippen MR) is 44.3 cm³/mol. The number of ether oxygens (including phenoxy) is 1. The Morgan fingerprint density at radius 3 is 2.62 bits per heavy atom. The molecule has 1 aromatic rings. The smallest absolute Gasteiger partial charge is 0.371 e. The molecule has 1 amide bonds. The lowest BCUT2D eigenvalue weighted by Crippen LogP contribution is -2.19. The zero-order valence-corrected chi connectivity index (χ0v) is 7.15. The lowest BCUT2D eigenvalue weighted by atomic mass is 10.4. The molecule has 2 N–H and O–H groups in total. The van der Waals surface area contributed by atoms with Crippen LogP contribution in [0.15, 0.2) is 18.3 Å². The maximum atomic E-state index is 10.8. The second-order valence-corrected chi connectivity index (χ2v) is 1.82. The first-order valence-electron chi connectivity index (χ1n) is 2.99. The minimum absolute atomic E-state index is 0. The third-order valence-corrected chi connectivity index (χ3v) is 0.975. The van der Waals surface area contributed by atoms with Crippen LogP contribution in [0.2, 0.25) is 0 Å². The number of primary amides is 1. The highest BCUT2D eigenvalue weighted by atomic mass is 35.5. The van der Waals surface area contributed by atoms with Crippen molar-refractivity contribution in [2.45, 2.75) is 0 Å². The van der Waals surface area contributed by atoms with E-state index in [2.05, 4.69) is 20.7 Å². The molecule has 6 nitrogen and oxygen atoms in total. The Morgan fingerprint density at radius 2 is 2.15 bits per heavy atom. The van der Waals surface area contributed by atoms with Crippen molar-refractivity contribution in [1.29, 1.82) is 0 Å². The third kappa shape index (κ3) is 3.48. The summed E-state index contributed by atoms with van der Waals surface area (Å²) in [5, 5.41) is 6.81. The van der Waals surface area contributed by atoms with E-state index in [-0.39, 0.29) is 18.1 Å². The molecule has 1 heterocycles. The Balaban J connectivity index is 0.00000144. The molecule has 0 unspecified atom stereocenters. The van der Waals surface area contributed by atoms with Crippen molar-refractivity contribution in [3.63, 3.8) is 0 Å². The van der Waals surface area contributed by atoms with Gasteiger partial charge in [-0.15, -0.1) is 17.5 Å². The summed E-state index contributed by atoms with van der Waals surface area (Å²) in [6.45, 7) is 0. The van der Waals surface area contributed by atoms with Gasteiger partial charge in [-0.05, 0) is 12.1 Å². The highest BCUT2D eigenvalue weighted by Gasteiger charge is 2.10. The van der Waals surface area contributed by atoms with Gasteiger partial charge in [0, 0.05) is 6.20 Å². The molecule has 0 bridgehead atoms. The number of nitrogens with zero attached hydrogens (tertiary/aromatic N) is 2. The number of aromatic nitrogens is 2. The minimum Gasteiger partial charge on any atom is -0.371 e. The molecule has 0 aromatic carbocycles. The summed E-state index contributed by atoms with van der Waals surface area (Å²) in [6.07, 6.45) is 0.228. The fourth-order valence-corrected chi connectivity index (χ4v) is 0.554. The SMILES string of the molecule is Cl.NC(=O)OC(=O)c1cccnn1. The monoisotopic (exact) mass is 203 g/mol. The molecule has 0 aliphatic carbocycles. The number of nitrogens with two attached hydrogens (primary N) is 1. The van der Waals surface area contributed by atoms with Crippen LogP contribution in [0, 0.1) is 0 Å². The number of carbonyl (C=O) groups is 2. The normalized spacial score (nSPS) is 8.31. The van der Waals surface area contributed by atoms with E-state index in [1.807, 2.05) is 0 Å². The van der Waals surface area contributed by atoms with Crippen molar-refractivity contribution in [2.75, 3.05) is 0 Å². The summed E-state index contributed by atoms with van der Waals surface area (Å²) < 4.78 is 4.03. The van der Waals surface area contributed by atoms with Crippen LogP contribution in [-0.2, 0) is 4.74 Å². The maximum absolute atomic E-state index is 10.8. The molecular weight excluding hydrogens is 198 g/mol. The maximum Gasteiger partial charge on any atom is 0.412 e. The van der Waals surface area contributed by atoms with Gasteiger partial charge in [0.2, 0.25) is 0 Å². The van der Waals surface area contributed by atoms with Crippen molar-refractivity contribution in [2.24, 2.45) is 5.73 Å². The molecule has 0 aliphatic rings. The molecule has 0 fully saturated rings. The van der Waals surface area contributed by atoms with Gasteiger partial charge < -0.3 is 10.5 Å². The van der Waals surface area contributed by atoms with Gasteiger partial charge >= 0.3 is 12.1 Å². The molecule has 70 valence electrons. The van der Waals surface area contributed by atoms with Gasteiger partial charge in [0.15, 0.2) is 5.69 Å². The van der Waals surface area contributed by atoms with E-state index >= 15 is 0 Å². The van der Waals surface area contributed by atoms with Crippen LogP contribution in [0.4, 0.5) is 4.79 Å². The molecular formula is C6H6ClN3O3. The van der Waals surface area contributed by atoms with Gasteiger partial charge in [-0.3, -0.25) is 0 Å². The van der Waals surface area contributed by atoms with Crippen LogP contribution in [0.3, 0.4) is 0 Å². The molecule has 1 rings (SSSR count). The molecule has 0 atom stereocenters. The average Bonchev–Trinajstić information content (AvgIpc) is 2.05. The zero-order chi connectivity index (χ0) is 8.97. The van der Waals surface area contributed by atoms with Gasteiger partial charge in [-0.1, -0.05) is 0 Å². The lowest BCUT2D eigenvalue weighted by Gasteiger charge is -1.95. The van der Waals surface area contributed by atoms with E-state index in [4.69, 9.17) is 0 Å². The van der Waals surface area contributed by atoms with E-state index in [0.717, 1.165) is 0 Å². The summed E-state index contributed by atoms with van der Waals surface area (Å²) in [7, 11) is 0. The molecule has 0 saturated heterocycles. The zero-order valence-electron chi connectivity index (χ0n) is 6.34. The molecule has 0 saturated carbocycles. The number of halogens is 1. The van der Waals surface area contributed by atoms with Crippen molar-refractivity contribution >= 4 is 24.5 Å². The summed E-state index contributed by atoms with van der Waals surface area (Å²) in [6, 6.07) is 2.85. The number of amides is 1. The molecule has 0 aliphatic heterocycles.